The lowest BCUT2D eigenvalue weighted by molar-refractivity contribution is -0.128. The minimum atomic E-state index is -0.437. The fraction of sp³-hybridized carbons (Fsp3) is 0.500. The van der Waals surface area contributed by atoms with E-state index >= 15 is 0 Å². The molecule has 138 valence electrons. The van der Waals surface area contributed by atoms with E-state index in [0.29, 0.717) is 35.0 Å². The van der Waals surface area contributed by atoms with Crippen LogP contribution in [0.25, 0.3) is 0 Å². The highest BCUT2D eigenvalue weighted by molar-refractivity contribution is 7.99. The van der Waals surface area contributed by atoms with Gasteiger partial charge in [-0.2, -0.15) is 0 Å². The van der Waals surface area contributed by atoms with Gasteiger partial charge in [0.25, 0.3) is 11.1 Å². The number of benzene rings is 1. The van der Waals surface area contributed by atoms with Crippen LogP contribution in [0.1, 0.15) is 37.7 Å². The fourth-order valence-corrected chi connectivity index (χ4v) is 3.76. The van der Waals surface area contributed by atoms with Crippen LogP contribution in [-0.4, -0.2) is 46.5 Å². The molecule has 1 aromatic carbocycles. The van der Waals surface area contributed by atoms with Crippen LogP contribution in [-0.2, 0) is 4.79 Å². The number of likely N-dealkylation sites (tertiary alicyclic amines) is 1. The number of carbonyl (C=O) groups is 1. The number of para-hydroxylation sites is 2. The Kier molecular flexibility index (Phi) is 5.29. The van der Waals surface area contributed by atoms with Gasteiger partial charge < -0.3 is 18.8 Å². The second-order valence-corrected chi connectivity index (χ2v) is 7.28. The van der Waals surface area contributed by atoms with Crippen LogP contribution in [0.2, 0.25) is 0 Å². The third-order valence-corrected chi connectivity index (χ3v) is 5.29. The number of ether oxygens (including phenoxy) is 2. The molecule has 2 aliphatic heterocycles. The van der Waals surface area contributed by atoms with Gasteiger partial charge in [0.15, 0.2) is 11.5 Å². The Balaban J connectivity index is 1.33. The van der Waals surface area contributed by atoms with Crippen molar-refractivity contribution in [1.82, 2.24) is 15.1 Å². The smallest absolute Gasteiger partial charge is 0.277 e. The summed E-state index contributed by atoms with van der Waals surface area (Å²) in [4.78, 5) is 14.3. The lowest BCUT2D eigenvalue weighted by atomic mass is 10.2. The second-order valence-electron chi connectivity index (χ2n) is 6.35. The summed E-state index contributed by atoms with van der Waals surface area (Å²) < 4.78 is 17.2. The Morgan fingerprint density at radius 2 is 1.88 bits per heavy atom. The van der Waals surface area contributed by atoms with Crippen molar-refractivity contribution < 1.29 is 18.7 Å². The molecule has 1 saturated heterocycles. The number of hydrogen-bond donors (Lipinski definition) is 0. The summed E-state index contributed by atoms with van der Waals surface area (Å²) in [5.41, 5.74) is 0. The number of aromatic nitrogens is 2. The number of nitrogens with zero attached hydrogens (tertiary/aromatic N) is 3. The number of thioether (sulfide) groups is 1. The van der Waals surface area contributed by atoms with Crippen molar-refractivity contribution in [3.8, 4) is 11.5 Å². The number of hydrogen-bond acceptors (Lipinski definition) is 7. The minimum Gasteiger partial charge on any atom is -0.485 e. The van der Waals surface area contributed by atoms with Crippen molar-refractivity contribution in [3.63, 3.8) is 0 Å². The fourth-order valence-electron chi connectivity index (χ4n) is 3.08. The monoisotopic (exact) mass is 375 g/mol. The molecule has 2 aromatic rings. The summed E-state index contributed by atoms with van der Waals surface area (Å²) in [5.74, 6) is 2.17. The van der Waals surface area contributed by atoms with Gasteiger partial charge in [-0.3, -0.25) is 4.79 Å². The molecule has 26 heavy (non-hydrogen) atoms. The third kappa shape index (κ3) is 3.95. The second kappa shape index (κ2) is 7.99. The van der Waals surface area contributed by atoms with E-state index in [1.165, 1.54) is 24.6 Å². The molecule has 2 aliphatic rings. The SMILES string of the molecule is O=C(CSc1nnc(C2COc3ccccc3O2)o1)N1CCCCCC1. The summed E-state index contributed by atoms with van der Waals surface area (Å²) in [6.45, 7) is 2.01. The zero-order valence-corrected chi connectivity index (χ0v) is 15.2. The topological polar surface area (TPSA) is 77.7 Å². The molecule has 1 fully saturated rings. The molecule has 0 saturated carbocycles. The predicted molar refractivity (Wildman–Crippen MR) is 95.4 cm³/mol. The van der Waals surface area contributed by atoms with E-state index in [4.69, 9.17) is 13.9 Å². The van der Waals surface area contributed by atoms with Crippen molar-refractivity contribution in [2.24, 2.45) is 0 Å². The van der Waals surface area contributed by atoms with Crippen molar-refractivity contribution >= 4 is 17.7 Å². The van der Waals surface area contributed by atoms with Crippen LogP contribution in [0, 0.1) is 0 Å². The van der Waals surface area contributed by atoms with Crippen molar-refractivity contribution in [2.45, 2.75) is 37.0 Å². The Labute approximate surface area is 156 Å². The zero-order valence-electron chi connectivity index (χ0n) is 14.4. The molecule has 7 nitrogen and oxygen atoms in total. The maximum absolute atomic E-state index is 12.3. The number of rotatable bonds is 4. The van der Waals surface area contributed by atoms with Crippen LogP contribution in [0.4, 0.5) is 0 Å². The molecule has 4 rings (SSSR count). The van der Waals surface area contributed by atoms with E-state index in [2.05, 4.69) is 10.2 Å². The number of amides is 1. The van der Waals surface area contributed by atoms with Gasteiger partial charge in [-0.1, -0.05) is 36.7 Å². The lowest BCUT2D eigenvalue weighted by Gasteiger charge is -2.23. The molecule has 1 unspecified atom stereocenters. The standard InChI is InChI=1S/C18H21N3O4S/c22-16(21-9-5-1-2-6-10-21)12-26-18-20-19-17(25-18)15-11-23-13-7-3-4-8-14(13)24-15/h3-4,7-8,15H,1-2,5-6,9-12H2. The van der Waals surface area contributed by atoms with Crippen LogP contribution in [0.5, 0.6) is 11.5 Å². The van der Waals surface area contributed by atoms with E-state index in [9.17, 15) is 4.79 Å². The average molecular weight is 375 g/mol. The Bertz CT molecular complexity index is 758. The maximum atomic E-state index is 12.3. The quantitative estimate of drug-likeness (QED) is 0.760. The summed E-state index contributed by atoms with van der Waals surface area (Å²) in [5, 5.41) is 8.45. The molecule has 8 heteroatoms. The van der Waals surface area contributed by atoms with Crippen LogP contribution < -0.4 is 9.47 Å². The van der Waals surface area contributed by atoms with Crippen molar-refractivity contribution in [1.29, 1.82) is 0 Å². The molecule has 1 atom stereocenters. The van der Waals surface area contributed by atoms with E-state index in [0.717, 1.165) is 25.9 Å². The first-order chi connectivity index (χ1) is 12.8. The van der Waals surface area contributed by atoms with Crippen molar-refractivity contribution in [2.75, 3.05) is 25.4 Å². The summed E-state index contributed by atoms with van der Waals surface area (Å²) >= 11 is 1.27. The van der Waals surface area contributed by atoms with Gasteiger partial charge in [-0.05, 0) is 25.0 Å². The van der Waals surface area contributed by atoms with E-state index in [1.54, 1.807) is 0 Å². The van der Waals surface area contributed by atoms with Gasteiger partial charge >= 0.3 is 0 Å². The predicted octanol–water partition coefficient (Wildman–Crippen LogP) is 3.08. The maximum Gasteiger partial charge on any atom is 0.277 e. The first-order valence-electron chi connectivity index (χ1n) is 8.92. The molecule has 0 radical (unpaired) electrons. The summed E-state index contributed by atoms with van der Waals surface area (Å²) in [6, 6.07) is 7.47. The Morgan fingerprint density at radius 3 is 2.69 bits per heavy atom. The number of carbonyl (C=O) groups excluding carboxylic acids is 1. The van der Waals surface area contributed by atoms with E-state index < -0.39 is 6.10 Å². The van der Waals surface area contributed by atoms with Crippen LogP contribution in [0.3, 0.4) is 0 Å². The highest BCUT2D eigenvalue weighted by Crippen LogP contribution is 2.35. The molecule has 0 spiro atoms. The first-order valence-corrected chi connectivity index (χ1v) is 9.90. The largest absolute Gasteiger partial charge is 0.485 e. The van der Waals surface area contributed by atoms with Gasteiger partial charge in [-0.15, -0.1) is 10.2 Å². The van der Waals surface area contributed by atoms with Gasteiger partial charge in [0.1, 0.15) is 6.61 Å². The normalized spacial score (nSPS) is 19.8. The molecule has 0 N–H and O–H groups in total. The zero-order chi connectivity index (χ0) is 17.8. The molecule has 3 heterocycles. The van der Waals surface area contributed by atoms with Crippen molar-refractivity contribution in [3.05, 3.63) is 30.2 Å². The molecule has 0 aliphatic carbocycles. The number of fused-ring (bicyclic) bond motifs is 1. The van der Waals surface area contributed by atoms with Crippen LogP contribution in [0.15, 0.2) is 33.9 Å². The van der Waals surface area contributed by atoms with Gasteiger partial charge in [0, 0.05) is 13.1 Å². The molecule has 0 bridgehead atoms. The summed E-state index contributed by atoms with van der Waals surface area (Å²) in [7, 11) is 0. The molecular formula is C18H21N3O4S. The minimum absolute atomic E-state index is 0.128. The highest BCUT2D eigenvalue weighted by atomic mass is 32.2. The molecule has 1 aromatic heterocycles. The first kappa shape index (κ1) is 17.2. The van der Waals surface area contributed by atoms with Gasteiger partial charge in [-0.25, -0.2) is 0 Å². The third-order valence-electron chi connectivity index (χ3n) is 4.48. The Hall–Kier alpha value is -2.22. The molecule has 1 amide bonds. The van der Waals surface area contributed by atoms with E-state index in [1.807, 2.05) is 29.2 Å². The van der Waals surface area contributed by atoms with Crippen LogP contribution >= 0.6 is 11.8 Å². The summed E-state index contributed by atoms with van der Waals surface area (Å²) in [6.07, 6.45) is 4.14. The molecular weight excluding hydrogens is 354 g/mol. The highest BCUT2D eigenvalue weighted by Gasteiger charge is 2.27. The van der Waals surface area contributed by atoms with E-state index in [-0.39, 0.29) is 5.91 Å². The van der Waals surface area contributed by atoms with Gasteiger partial charge in [0.2, 0.25) is 12.0 Å². The van der Waals surface area contributed by atoms with Gasteiger partial charge in [0.05, 0.1) is 5.75 Å². The lowest BCUT2D eigenvalue weighted by Crippen LogP contribution is -2.33. The Morgan fingerprint density at radius 1 is 1.12 bits per heavy atom. The average Bonchev–Trinajstić information content (AvgIpc) is 2.99.